The van der Waals surface area contributed by atoms with Crippen molar-refractivity contribution in [3.05, 3.63) is 157 Å². The van der Waals surface area contributed by atoms with Crippen LogP contribution in [0.1, 0.15) is 176 Å². The zero-order valence-corrected chi connectivity index (χ0v) is 72.4. The Kier molecular flexibility index (Phi) is 23.3. The SMILES string of the molecule is COC1NC(=O)C2(CCCCC2)n2c1cc1cnc(Nc3ccc(S(N)(=O)=O)cc3F)nc12.COC1NC(=O)C2(CCCCC2)n2c1cc1cnc(Nc3ccc(S(N)(=O)=O)cn3)nc12.COC1NC(=O)C2(CCCCC2)n2c1cc1cnc(Nc3ccc(S(N)(=O)=O)nc3)nc12.NS(=O)(=O)c1ccc(Nc2ncc3cc4n(c3n2)C2(CCCCC2)C(=O)NC4F)cc1. The zero-order chi connectivity index (χ0) is 90.2. The fraction of sp³-hybridized carbons (Fsp3) is 0.383. The highest BCUT2D eigenvalue weighted by atomic mass is 32.2. The van der Waals surface area contributed by atoms with Gasteiger partial charge in [-0.15, -0.1) is 0 Å². The number of nitrogens with two attached hydrogens (primary N) is 4. The van der Waals surface area contributed by atoms with E-state index in [1.165, 1.54) is 68.0 Å². The van der Waals surface area contributed by atoms with Gasteiger partial charge in [-0.25, -0.2) is 92.9 Å². The minimum Gasteiger partial charge on any atom is -0.356 e. The van der Waals surface area contributed by atoms with Crippen LogP contribution in [0.2, 0.25) is 0 Å². The summed E-state index contributed by atoms with van der Waals surface area (Å²) in [5.41, 5.74) is 3.20. The van der Waals surface area contributed by atoms with Crippen LogP contribution in [0.4, 0.5) is 55.5 Å². The molecule has 4 spiro atoms. The zero-order valence-electron chi connectivity index (χ0n) is 69.2. The maximum atomic E-state index is 14.7. The van der Waals surface area contributed by atoms with Crippen LogP contribution in [-0.2, 0) is 95.6 Å². The monoisotopic (exact) mass is 1830 g/mol. The maximum absolute atomic E-state index is 14.7. The fourth-order valence-corrected chi connectivity index (χ4v) is 20.6. The summed E-state index contributed by atoms with van der Waals surface area (Å²) in [6.07, 6.45) is 23.0. The lowest BCUT2D eigenvalue weighted by Crippen LogP contribution is -2.56. The lowest BCUT2D eigenvalue weighted by Gasteiger charge is -2.43. The van der Waals surface area contributed by atoms with Crippen molar-refractivity contribution in [3.63, 3.8) is 0 Å². The first-order valence-electron chi connectivity index (χ1n) is 41.2. The molecule has 4 aliphatic carbocycles. The van der Waals surface area contributed by atoms with Crippen LogP contribution in [0.3, 0.4) is 0 Å². The molecule has 4 aliphatic heterocycles. The van der Waals surface area contributed by atoms with Gasteiger partial charge in [-0.2, -0.15) is 19.9 Å². The summed E-state index contributed by atoms with van der Waals surface area (Å²) in [4.78, 5) is 95.8. The second-order valence-electron chi connectivity index (χ2n) is 32.6. The Balaban J connectivity index is 0.000000120. The second kappa shape index (κ2) is 34.0. The summed E-state index contributed by atoms with van der Waals surface area (Å²) >= 11 is 0. The van der Waals surface area contributed by atoms with Crippen LogP contribution in [0.5, 0.6) is 0 Å². The number of aromatic nitrogens is 14. The van der Waals surface area contributed by atoms with Crippen molar-refractivity contribution in [3.8, 4) is 0 Å². The van der Waals surface area contributed by atoms with Crippen molar-refractivity contribution in [2.24, 2.45) is 20.6 Å². The molecule has 128 heavy (non-hydrogen) atoms. The van der Waals surface area contributed by atoms with Gasteiger partial charge in [-0.3, -0.25) is 19.2 Å². The van der Waals surface area contributed by atoms with E-state index < -0.39 is 93.0 Å². The van der Waals surface area contributed by atoms with Crippen molar-refractivity contribution in [2.45, 2.75) is 195 Å². The Bertz CT molecular complexity index is 6680. The predicted octanol–water partition coefficient (Wildman–Crippen LogP) is 8.28. The number of hydrogen-bond acceptors (Lipinski definition) is 29. The lowest BCUT2D eigenvalue weighted by molar-refractivity contribution is -0.140. The van der Waals surface area contributed by atoms with E-state index in [4.69, 9.17) is 39.8 Å². The third-order valence-electron chi connectivity index (χ3n) is 24.8. The molecule has 41 nitrogen and oxygen atoms in total. The van der Waals surface area contributed by atoms with Crippen molar-refractivity contribution in [1.29, 1.82) is 0 Å². The van der Waals surface area contributed by atoms with Gasteiger partial charge in [-0.05, 0) is 142 Å². The van der Waals surface area contributed by atoms with Crippen LogP contribution >= 0.6 is 0 Å². The first kappa shape index (κ1) is 87.7. The van der Waals surface area contributed by atoms with Gasteiger partial charge < -0.3 is 75.0 Å². The van der Waals surface area contributed by atoms with Crippen LogP contribution < -0.4 is 63.1 Å². The highest BCUT2D eigenvalue weighted by molar-refractivity contribution is 7.90. The molecule has 0 bridgehead atoms. The molecule has 47 heteroatoms. The van der Waals surface area contributed by atoms with Gasteiger partial charge in [0.1, 0.15) is 61.3 Å². The number of primary sulfonamides is 4. The molecule has 8 aliphatic rings. The molecule has 16 N–H and O–H groups in total. The summed E-state index contributed by atoms with van der Waals surface area (Å²) in [6.45, 7) is 0. The largest absolute Gasteiger partial charge is 0.356 e. The number of methoxy groups -OCH3 is 3. The average Bonchev–Trinajstić information content (AvgIpc) is 1.58. The fourth-order valence-electron chi connectivity index (χ4n) is 18.7. The molecular weight excluding hydrogens is 1740 g/mol. The number of nitrogens with one attached hydrogen (secondary N) is 8. The van der Waals surface area contributed by atoms with E-state index in [-0.39, 0.29) is 66.9 Å². The van der Waals surface area contributed by atoms with Gasteiger partial charge in [-0.1, -0.05) is 77.0 Å². The molecule has 2 aromatic carbocycles. The molecule has 4 unspecified atom stereocenters. The van der Waals surface area contributed by atoms with Crippen LogP contribution in [0, 0.1) is 5.82 Å². The molecular formula is C81H90F2N26O15S4. The van der Waals surface area contributed by atoms with Gasteiger partial charge in [0, 0.05) is 79.5 Å². The molecule has 14 heterocycles. The van der Waals surface area contributed by atoms with E-state index in [1.54, 1.807) is 61.8 Å². The highest BCUT2D eigenvalue weighted by Crippen LogP contribution is 2.49. The molecule has 4 amide bonds. The Hall–Kier alpha value is -12.3. The Labute approximate surface area is 730 Å². The molecule has 12 aromatic rings. The topological polar surface area (TPSA) is 581 Å². The van der Waals surface area contributed by atoms with E-state index in [9.17, 15) is 61.6 Å². The number of halogens is 2. The first-order valence-corrected chi connectivity index (χ1v) is 47.4. The average molecular weight is 1830 g/mol. The molecule has 4 saturated carbocycles. The Morgan fingerprint density at radius 2 is 0.711 bits per heavy atom. The number of rotatable bonds is 15. The Morgan fingerprint density at radius 1 is 0.367 bits per heavy atom. The van der Waals surface area contributed by atoms with Gasteiger partial charge in [0.05, 0.1) is 50.1 Å². The number of amides is 4. The number of nitrogens with zero attached hydrogens (tertiary/aromatic N) is 14. The third kappa shape index (κ3) is 16.4. The number of carbonyl (C=O) groups is 4. The van der Waals surface area contributed by atoms with Gasteiger partial charge in [0.15, 0.2) is 23.7 Å². The summed E-state index contributed by atoms with van der Waals surface area (Å²) in [5, 5.41) is 46.4. The normalized spacial score (nSPS) is 20.2. The minimum atomic E-state index is -4.03. The van der Waals surface area contributed by atoms with Gasteiger partial charge in [0.2, 0.25) is 83.8 Å². The van der Waals surface area contributed by atoms with Crippen molar-refractivity contribution in [1.82, 2.24) is 89.4 Å². The number of sulfonamides is 4. The number of anilines is 8. The summed E-state index contributed by atoms with van der Waals surface area (Å²) in [6, 6.07) is 22.3. The highest BCUT2D eigenvalue weighted by Gasteiger charge is 2.53. The molecule has 4 fully saturated rings. The maximum Gasteiger partial charge on any atom is 0.255 e. The second-order valence-corrected chi connectivity index (χ2v) is 38.8. The number of pyridine rings is 2. The van der Waals surface area contributed by atoms with Crippen LogP contribution in [0.15, 0.2) is 148 Å². The molecule has 4 atom stereocenters. The van der Waals surface area contributed by atoms with Crippen molar-refractivity contribution in [2.75, 3.05) is 42.6 Å². The van der Waals surface area contributed by atoms with Gasteiger partial charge in [0.25, 0.3) is 10.0 Å². The van der Waals surface area contributed by atoms with Crippen molar-refractivity contribution >= 4 is 155 Å². The summed E-state index contributed by atoms with van der Waals surface area (Å²) in [5.74, 6) is -0.0251. The molecule has 0 radical (unpaired) electrons. The number of ether oxygens (including phenoxy) is 3. The summed E-state index contributed by atoms with van der Waals surface area (Å²) in [7, 11) is -10.9. The minimum absolute atomic E-state index is 0.00526. The molecule has 0 saturated heterocycles. The number of benzene rings is 2. The van der Waals surface area contributed by atoms with E-state index >= 15 is 0 Å². The van der Waals surface area contributed by atoms with E-state index in [2.05, 4.69) is 87.4 Å². The van der Waals surface area contributed by atoms with E-state index in [0.717, 1.165) is 142 Å². The number of fused-ring (bicyclic) bond motifs is 16. The van der Waals surface area contributed by atoms with Crippen molar-refractivity contribution < 1.29 is 75.8 Å². The number of carbonyl (C=O) groups excluding carboxylic acids is 4. The number of hydrogen-bond donors (Lipinski definition) is 12. The predicted molar refractivity (Wildman–Crippen MR) is 460 cm³/mol. The quantitative estimate of drug-likeness (QED) is 0.0429. The van der Waals surface area contributed by atoms with E-state index in [0.29, 0.717) is 82.5 Å². The summed E-state index contributed by atoms with van der Waals surface area (Å²) < 4.78 is 145. The van der Waals surface area contributed by atoms with Crippen LogP contribution in [0.25, 0.3) is 44.1 Å². The third-order valence-corrected chi connectivity index (χ3v) is 28.3. The Morgan fingerprint density at radius 3 is 1.06 bits per heavy atom. The smallest absolute Gasteiger partial charge is 0.255 e. The molecule has 672 valence electrons. The standard InChI is InChI=1S/C21H23FN6O4S.C20H21FN6O3S.2C20H23N7O4S/c1-32-18-16-9-12-11-24-20(25-15-6-5-13(10-14(15)22)33(23,30)31)26-17(12)28(16)21(19(29)27-18)7-3-2-4-8-21;21-16-15-10-12-11-23-19(24-13-4-6-14(7-5-13)31(22,29)30)26-17(12)27(15)20(18(28)25-16)8-2-1-3-9-20;1-31-17-14-9-12-10-23-19(24-15-6-5-13(11-22-15)32(21,29)30)25-16(12)27(14)20(18(28)26-17)7-3-2-4-8-20;1-31-17-14-9-12-10-23-19(24-13-5-6-15(22-11-13)32(21,29)30)25-16(12)27(14)20(18(28)26-17)7-3-2-4-8-20/h5-6,9-11,18H,2-4,7-8H2,1H3,(H,27,29)(H2,23,30,31)(H,24,25,26);4-7,10-11,16H,1-3,8-9H2,(H,25,28)(H2,22,29,30)(H,23,24,26);5-6,9-11,17H,2-4,7-8H2,1H3,(H,26,28)(H2,21,29,30)(H,22,23,24,25);5-6,9-11,17H,2-4,7-8H2,1H3,(H,26,28)(H2,21,29,30)(H,23,24,25). The first-order chi connectivity index (χ1) is 61.1. The van der Waals surface area contributed by atoms with Crippen LogP contribution in [-0.4, -0.2) is 147 Å². The molecule has 10 aromatic heterocycles. The van der Waals surface area contributed by atoms with E-state index in [1.807, 2.05) is 31.9 Å². The number of alkyl halides is 1. The lowest BCUT2D eigenvalue weighted by atomic mass is 9.79. The van der Waals surface area contributed by atoms with Gasteiger partial charge >= 0.3 is 0 Å². The molecule has 20 rings (SSSR count).